The number of benzene rings is 7. The van der Waals surface area contributed by atoms with Crippen molar-refractivity contribution < 1.29 is 52.1 Å². The zero-order valence-electron chi connectivity index (χ0n) is 28.5. The van der Waals surface area contributed by atoms with Crippen molar-refractivity contribution in [3.8, 4) is 28.0 Å². The molecule has 0 radical (unpaired) electrons. The monoisotopic (exact) mass is 792 g/mol. The van der Waals surface area contributed by atoms with Gasteiger partial charge in [0.05, 0.1) is 5.41 Å². The normalized spacial score (nSPS) is 14.4. The summed E-state index contributed by atoms with van der Waals surface area (Å²) in [5, 5.41) is -5.05. The lowest BCUT2D eigenvalue weighted by Crippen LogP contribution is -2.63. The van der Waals surface area contributed by atoms with Gasteiger partial charge in [-0.25, -0.2) is 0 Å². The van der Waals surface area contributed by atoms with Crippen molar-refractivity contribution in [2.75, 3.05) is 0 Å². The summed E-state index contributed by atoms with van der Waals surface area (Å²) in [6.07, 6.45) is -7.19. The van der Waals surface area contributed by atoms with Crippen LogP contribution < -0.4 is 4.18 Å². The molecule has 0 N–H and O–H groups in total. The smallest absolute Gasteiger partial charge is 0.378 e. The van der Waals surface area contributed by atoms with Crippen molar-refractivity contribution >= 4 is 31.7 Å². The summed E-state index contributed by atoms with van der Waals surface area (Å²) >= 11 is 0. The van der Waals surface area contributed by atoms with Crippen LogP contribution in [0.4, 0.5) is 39.5 Å². The minimum absolute atomic E-state index is 0.166. The minimum Gasteiger partial charge on any atom is -0.378 e. The van der Waals surface area contributed by atoms with Gasteiger partial charge in [0.2, 0.25) is 0 Å². The Morgan fingerprint density at radius 2 is 0.964 bits per heavy atom. The average Bonchev–Trinajstić information content (AvgIpc) is 3.48. The molecule has 8 rings (SSSR count). The number of hydrogen-bond donors (Lipinski definition) is 0. The van der Waals surface area contributed by atoms with Crippen LogP contribution in [0.5, 0.6) is 5.75 Å². The first kappa shape index (κ1) is 37.1. The summed E-state index contributed by atoms with van der Waals surface area (Å²) in [4.78, 5) is 0. The van der Waals surface area contributed by atoms with Crippen LogP contribution in [-0.4, -0.2) is 31.7 Å². The Morgan fingerprint density at radius 3 is 1.57 bits per heavy atom. The van der Waals surface area contributed by atoms with Crippen LogP contribution in [0, 0.1) is 0 Å². The Hall–Kier alpha value is -5.82. The van der Waals surface area contributed by atoms with Gasteiger partial charge in [0.25, 0.3) is 0 Å². The zero-order valence-corrected chi connectivity index (χ0v) is 29.3. The van der Waals surface area contributed by atoms with Crippen molar-refractivity contribution in [1.29, 1.82) is 0 Å². The van der Waals surface area contributed by atoms with Crippen LogP contribution in [0.1, 0.15) is 22.3 Å². The molecule has 0 fully saturated rings. The molecule has 0 bridgehead atoms. The van der Waals surface area contributed by atoms with Crippen LogP contribution in [0.2, 0.25) is 0 Å². The molecule has 0 atom stereocenters. The minimum atomic E-state index is -7.41. The lowest BCUT2D eigenvalue weighted by Gasteiger charge is -2.34. The first-order chi connectivity index (χ1) is 26.4. The summed E-state index contributed by atoms with van der Waals surface area (Å²) in [7, 11) is -7.09. The average molecular weight is 793 g/mol. The van der Waals surface area contributed by atoms with Gasteiger partial charge < -0.3 is 4.18 Å². The van der Waals surface area contributed by atoms with E-state index in [4.69, 9.17) is 0 Å². The molecule has 7 aromatic rings. The number of alkyl halides is 9. The summed E-state index contributed by atoms with van der Waals surface area (Å²) in [5.74, 6) is -15.8. The third-order valence-corrected chi connectivity index (χ3v) is 11.5. The molecule has 0 amide bonds. The molecule has 0 heterocycles. The fourth-order valence-electron chi connectivity index (χ4n) is 7.60. The highest BCUT2D eigenvalue weighted by Gasteiger charge is 2.86. The Balaban J connectivity index is 1.18. The maximum absolute atomic E-state index is 14.3. The third kappa shape index (κ3) is 5.31. The molecule has 0 spiro atoms. The van der Waals surface area contributed by atoms with E-state index in [2.05, 4.69) is 52.7 Å². The van der Waals surface area contributed by atoms with Crippen molar-refractivity contribution in [2.45, 2.75) is 28.7 Å². The van der Waals surface area contributed by atoms with Gasteiger partial charge in [-0.2, -0.15) is 47.9 Å². The Bertz CT molecular complexity index is 2730. The van der Waals surface area contributed by atoms with Crippen LogP contribution in [-0.2, 0) is 15.5 Å². The van der Waals surface area contributed by atoms with E-state index in [0.29, 0.717) is 16.2 Å². The van der Waals surface area contributed by atoms with E-state index >= 15 is 0 Å². The molecule has 1 aliphatic rings. The predicted octanol–water partition coefficient (Wildman–Crippen LogP) is 12.2. The van der Waals surface area contributed by atoms with Gasteiger partial charge in [0.1, 0.15) is 5.75 Å². The molecular formula is C43H25F9O3S. The van der Waals surface area contributed by atoms with Crippen molar-refractivity contribution in [3.63, 3.8) is 0 Å². The molecular weight excluding hydrogens is 768 g/mol. The van der Waals surface area contributed by atoms with Crippen molar-refractivity contribution in [1.82, 2.24) is 0 Å². The van der Waals surface area contributed by atoms with E-state index in [1.807, 2.05) is 66.7 Å². The third-order valence-electron chi connectivity index (χ3n) is 10.2. The molecule has 0 unspecified atom stereocenters. The maximum Gasteiger partial charge on any atom is 0.460 e. The quantitative estimate of drug-likeness (QED) is 0.0874. The molecule has 0 saturated heterocycles. The topological polar surface area (TPSA) is 43.4 Å². The molecule has 0 aromatic heterocycles. The highest BCUT2D eigenvalue weighted by Crippen LogP contribution is 2.57. The predicted molar refractivity (Wildman–Crippen MR) is 195 cm³/mol. The van der Waals surface area contributed by atoms with Crippen LogP contribution in [0.3, 0.4) is 0 Å². The van der Waals surface area contributed by atoms with Crippen LogP contribution in [0.25, 0.3) is 43.8 Å². The molecule has 56 heavy (non-hydrogen) atoms. The van der Waals surface area contributed by atoms with Crippen LogP contribution >= 0.6 is 0 Å². The number of halogens is 9. The van der Waals surface area contributed by atoms with Crippen molar-refractivity contribution in [2.24, 2.45) is 0 Å². The first-order valence-corrected chi connectivity index (χ1v) is 18.3. The van der Waals surface area contributed by atoms with Gasteiger partial charge in [-0.3, -0.25) is 0 Å². The van der Waals surface area contributed by atoms with E-state index in [0.717, 1.165) is 56.6 Å². The van der Waals surface area contributed by atoms with E-state index in [-0.39, 0.29) is 5.39 Å². The van der Waals surface area contributed by atoms with Gasteiger partial charge >= 0.3 is 33.4 Å². The van der Waals surface area contributed by atoms with Crippen LogP contribution in [0.15, 0.2) is 152 Å². The molecule has 13 heteroatoms. The Kier molecular flexibility index (Phi) is 8.35. The summed E-state index contributed by atoms with van der Waals surface area (Å²) in [6, 6.07) is 46.6. The largest absolute Gasteiger partial charge is 0.460 e. The van der Waals surface area contributed by atoms with Gasteiger partial charge in [-0.05, 0) is 90.3 Å². The standard InChI is InChI=1S/C43H25F9O3S/c44-40(45,42(48,49)50)41(46,47)43(51,52)56(53,54)55-32-19-22-34-29(24-32)16-15-28-23-26(17-20-33(28)34)27-18-21-36-35-13-7-8-14-37(35)39(38(36)25-27,30-9-3-1-4-10-30)31-11-5-2-6-12-31/h1-25H. The second-order valence-corrected chi connectivity index (χ2v) is 15.0. The van der Waals surface area contributed by atoms with Gasteiger partial charge in [-0.1, -0.05) is 127 Å². The fourth-order valence-corrected chi connectivity index (χ4v) is 8.51. The van der Waals surface area contributed by atoms with E-state index in [9.17, 15) is 47.9 Å². The molecule has 3 nitrogen and oxygen atoms in total. The molecule has 7 aromatic carbocycles. The molecule has 1 aliphatic carbocycles. The van der Waals surface area contributed by atoms with Crippen molar-refractivity contribution in [3.05, 3.63) is 174 Å². The van der Waals surface area contributed by atoms with E-state index in [1.54, 1.807) is 12.1 Å². The lowest BCUT2D eigenvalue weighted by molar-refractivity contribution is -0.382. The van der Waals surface area contributed by atoms with Gasteiger partial charge in [0, 0.05) is 0 Å². The first-order valence-electron chi connectivity index (χ1n) is 16.9. The Morgan fingerprint density at radius 1 is 0.464 bits per heavy atom. The fraction of sp³-hybridized carbons (Fsp3) is 0.116. The Labute approximate surface area is 313 Å². The number of fused-ring (bicyclic) bond motifs is 6. The molecule has 0 aliphatic heterocycles. The second kappa shape index (κ2) is 12.6. The highest BCUT2D eigenvalue weighted by molar-refractivity contribution is 7.88. The summed E-state index contributed by atoms with van der Waals surface area (Å²) < 4.78 is 149. The van der Waals surface area contributed by atoms with Gasteiger partial charge in [0.15, 0.2) is 0 Å². The summed E-state index contributed by atoms with van der Waals surface area (Å²) in [5.41, 5.74) is 7.71. The lowest BCUT2D eigenvalue weighted by atomic mass is 9.67. The van der Waals surface area contributed by atoms with E-state index < -0.39 is 44.6 Å². The molecule has 0 saturated carbocycles. The zero-order chi connectivity index (χ0) is 39.9. The second-order valence-electron chi connectivity index (χ2n) is 13.4. The number of hydrogen-bond acceptors (Lipinski definition) is 3. The van der Waals surface area contributed by atoms with Gasteiger partial charge in [-0.15, -0.1) is 0 Å². The SMILES string of the molecule is O=S(=O)(Oc1ccc2c(ccc3cc(-c4ccc5c(c4)C(c4ccccc4)(c4ccccc4)c4ccccc4-5)ccc32)c1)C(F)(F)C(F)(F)C(F)(F)C(F)(F)F. The maximum atomic E-state index is 14.3. The van der Waals surface area contributed by atoms with E-state index in [1.165, 1.54) is 12.1 Å². The molecule has 284 valence electrons. The highest BCUT2D eigenvalue weighted by atomic mass is 32.2. The summed E-state index contributed by atoms with van der Waals surface area (Å²) in [6.45, 7) is 0. The number of rotatable bonds is 8.